The van der Waals surface area contributed by atoms with Crippen molar-refractivity contribution in [3.05, 3.63) is 35.4 Å². The molecular weight excluding hydrogens is 260 g/mol. The first-order valence-corrected chi connectivity index (χ1v) is 8.08. The molecule has 1 heterocycles. The SMILES string of the molecule is CNC(CCN1CCCC(C)(OC)C1)c1ccccc1C. The van der Waals surface area contributed by atoms with E-state index in [0.717, 1.165) is 19.5 Å². The van der Waals surface area contributed by atoms with Crippen molar-refractivity contribution >= 4 is 0 Å². The van der Waals surface area contributed by atoms with Gasteiger partial charge in [-0.2, -0.15) is 0 Å². The monoisotopic (exact) mass is 290 g/mol. The lowest BCUT2D eigenvalue weighted by molar-refractivity contribution is -0.0511. The van der Waals surface area contributed by atoms with Gasteiger partial charge in [0.15, 0.2) is 0 Å². The van der Waals surface area contributed by atoms with E-state index in [1.54, 1.807) is 0 Å². The number of aryl methyl sites for hydroxylation is 1. The van der Waals surface area contributed by atoms with Crippen molar-refractivity contribution in [3.63, 3.8) is 0 Å². The van der Waals surface area contributed by atoms with E-state index in [1.165, 1.54) is 30.5 Å². The summed E-state index contributed by atoms with van der Waals surface area (Å²) < 4.78 is 5.69. The number of benzene rings is 1. The second-order valence-corrected chi connectivity index (χ2v) is 6.52. The third-order valence-corrected chi connectivity index (χ3v) is 4.88. The number of hydrogen-bond acceptors (Lipinski definition) is 3. The molecule has 0 saturated carbocycles. The van der Waals surface area contributed by atoms with Crippen LogP contribution >= 0.6 is 0 Å². The molecule has 1 N–H and O–H groups in total. The fourth-order valence-corrected chi connectivity index (χ4v) is 3.41. The van der Waals surface area contributed by atoms with Crippen LogP contribution in [0.4, 0.5) is 0 Å². The summed E-state index contributed by atoms with van der Waals surface area (Å²) in [6, 6.07) is 9.12. The van der Waals surface area contributed by atoms with Crippen LogP contribution in [-0.2, 0) is 4.74 Å². The van der Waals surface area contributed by atoms with Gasteiger partial charge in [-0.1, -0.05) is 24.3 Å². The molecule has 0 amide bonds. The van der Waals surface area contributed by atoms with E-state index in [4.69, 9.17) is 4.74 Å². The van der Waals surface area contributed by atoms with Crippen molar-refractivity contribution in [2.24, 2.45) is 0 Å². The Morgan fingerprint density at radius 1 is 1.38 bits per heavy atom. The highest BCUT2D eigenvalue weighted by Crippen LogP contribution is 2.26. The van der Waals surface area contributed by atoms with Crippen molar-refractivity contribution in [3.8, 4) is 0 Å². The van der Waals surface area contributed by atoms with Crippen molar-refractivity contribution < 1.29 is 4.74 Å². The molecule has 1 saturated heterocycles. The summed E-state index contributed by atoms with van der Waals surface area (Å²) in [5.74, 6) is 0. The Hall–Kier alpha value is -0.900. The predicted molar refractivity (Wildman–Crippen MR) is 88.7 cm³/mol. The summed E-state index contributed by atoms with van der Waals surface area (Å²) in [6.45, 7) is 7.80. The van der Waals surface area contributed by atoms with Crippen molar-refractivity contribution in [1.29, 1.82) is 0 Å². The molecule has 1 aromatic carbocycles. The highest BCUT2D eigenvalue weighted by Gasteiger charge is 2.30. The minimum absolute atomic E-state index is 0.0378. The van der Waals surface area contributed by atoms with Crippen LogP contribution in [0, 0.1) is 6.92 Å². The standard InChI is InChI=1S/C18H30N2O/c1-15-8-5-6-9-16(15)17(19-3)10-13-20-12-7-11-18(2,14-20)21-4/h5-6,8-9,17,19H,7,10-14H2,1-4H3. The van der Waals surface area contributed by atoms with Gasteiger partial charge in [0.25, 0.3) is 0 Å². The predicted octanol–water partition coefficient (Wildman–Crippen LogP) is 3.15. The minimum Gasteiger partial charge on any atom is -0.377 e. The first-order chi connectivity index (χ1) is 10.1. The zero-order valence-corrected chi connectivity index (χ0v) is 14.0. The number of hydrogen-bond donors (Lipinski definition) is 1. The van der Waals surface area contributed by atoms with Crippen molar-refractivity contribution in [1.82, 2.24) is 10.2 Å². The van der Waals surface area contributed by atoms with E-state index in [-0.39, 0.29) is 5.60 Å². The molecule has 0 spiro atoms. The zero-order valence-electron chi connectivity index (χ0n) is 14.0. The van der Waals surface area contributed by atoms with Crippen LogP contribution in [0.15, 0.2) is 24.3 Å². The van der Waals surface area contributed by atoms with Crippen LogP contribution in [0.5, 0.6) is 0 Å². The fourth-order valence-electron chi connectivity index (χ4n) is 3.41. The molecule has 1 aromatic rings. The molecule has 3 heteroatoms. The van der Waals surface area contributed by atoms with Gasteiger partial charge < -0.3 is 15.0 Å². The largest absolute Gasteiger partial charge is 0.377 e. The van der Waals surface area contributed by atoms with Gasteiger partial charge in [0.05, 0.1) is 5.60 Å². The highest BCUT2D eigenvalue weighted by atomic mass is 16.5. The van der Waals surface area contributed by atoms with Crippen molar-refractivity contribution in [2.75, 3.05) is 33.8 Å². The topological polar surface area (TPSA) is 24.5 Å². The van der Waals surface area contributed by atoms with Gasteiger partial charge in [-0.15, -0.1) is 0 Å². The van der Waals surface area contributed by atoms with Crippen LogP contribution in [0.3, 0.4) is 0 Å². The number of ether oxygens (including phenoxy) is 1. The van der Waals surface area contributed by atoms with Gasteiger partial charge in [-0.3, -0.25) is 0 Å². The molecular formula is C18H30N2O. The normalized spacial score (nSPS) is 25.0. The van der Waals surface area contributed by atoms with E-state index in [0.29, 0.717) is 6.04 Å². The number of piperidine rings is 1. The molecule has 3 nitrogen and oxygen atoms in total. The molecule has 0 bridgehead atoms. The quantitative estimate of drug-likeness (QED) is 0.871. The molecule has 1 aliphatic heterocycles. The number of nitrogens with zero attached hydrogens (tertiary/aromatic N) is 1. The Morgan fingerprint density at radius 3 is 2.81 bits per heavy atom. The van der Waals surface area contributed by atoms with Gasteiger partial charge in [-0.25, -0.2) is 0 Å². The molecule has 0 radical (unpaired) electrons. The van der Waals surface area contributed by atoms with Gasteiger partial charge in [0.2, 0.25) is 0 Å². The van der Waals surface area contributed by atoms with Crippen LogP contribution in [0.1, 0.15) is 43.4 Å². The number of likely N-dealkylation sites (tertiary alicyclic amines) is 1. The molecule has 118 valence electrons. The second-order valence-electron chi connectivity index (χ2n) is 6.52. The van der Waals surface area contributed by atoms with Crippen LogP contribution in [0.2, 0.25) is 0 Å². The molecule has 1 aliphatic rings. The Bertz CT molecular complexity index is 449. The summed E-state index contributed by atoms with van der Waals surface area (Å²) in [5.41, 5.74) is 2.83. The molecule has 2 atom stereocenters. The average Bonchev–Trinajstić information content (AvgIpc) is 2.50. The molecule has 2 unspecified atom stereocenters. The van der Waals surface area contributed by atoms with E-state index in [1.807, 2.05) is 7.11 Å². The Morgan fingerprint density at radius 2 is 2.14 bits per heavy atom. The maximum Gasteiger partial charge on any atom is 0.0777 e. The Labute approximate surface area is 129 Å². The molecule has 0 aliphatic carbocycles. The van der Waals surface area contributed by atoms with E-state index in [9.17, 15) is 0 Å². The molecule has 0 aromatic heterocycles. The molecule has 1 fully saturated rings. The summed E-state index contributed by atoms with van der Waals surface area (Å²) >= 11 is 0. The Balaban J connectivity index is 1.93. The van der Waals surface area contributed by atoms with Gasteiger partial charge in [-0.05, 0) is 57.8 Å². The number of methoxy groups -OCH3 is 1. The van der Waals surface area contributed by atoms with E-state index < -0.39 is 0 Å². The average molecular weight is 290 g/mol. The zero-order chi connectivity index (χ0) is 15.3. The summed E-state index contributed by atoms with van der Waals surface area (Å²) in [6.07, 6.45) is 3.55. The van der Waals surface area contributed by atoms with Crippen molar-refractivity contribution in [2.45, 2.75) is 44.8 Å². The first-order valence-electron chi connectivity index (χ1n) is 8.08. The maximum atomic E-state index is 5.69. The third kappa shape index (κ3) is 4.29. The smallest absolute Gasteiger partial charge is 0.0777 e. The summed E-state index contributed by atoms with van der Waals surface area (Å²) in [5, 5.41) is 3.48. The van der Waals surface area contributed by atoms with Gasteiger partial charge >= 0.3 is 0 Å². The van der Waals surface area contributed by atoms with Crippen LogP contribution in [0.25, 0.3) is 0 Å². The number of rotatable bonds is 6. The maximum absolute atomic E-state index is 5.69. The lowest BCUT2D eigenvalue weighted by Gasteiger charge is -2.40. The minimum atomic E-state index is 0.0378. The first kappa shape index (κ1) is 16.5. The fraction of sp³-hybridized carbons (Fsp3) is 0.667. The summed E-state index contributed by atoms with van der Waals surface area (Å²) in [7, 11) is 3.90. The molecule has 2 rings (SSSR count). The third-order valence-electron chi connectivity index (χ3n) is 4.88. The van der Waals surface area contributed by atoms with Gasteiger partial charge in [0, 0.05) is 26.2 Å². The second kappa shape index (κ2) is 7.39. The van der Waals surface area contributed by atoms with Gasteiger partial charge in [0.1, 0.15) is 0 Å². The lowest BCUT2D eigenvalue weighted by Crippen LogP contribution is -2.47. The van der Waals surface area contributed by atoms with Crippen LogP contribution in [-0.4, -0.2) is 44.3 Å². The number of nitrogens with one attached hydrogen (secondary N) is 1. The Kier molecular flexibility index (Phi) is 5.80. The molecule has 21 heavy (non-hydrogen) atoms. The van der Waals surface area contributed by atoms with E-state index in [2.05, 4.69) is 55.4 Å². The van der Waals surface area contributed by atoms with E-state index >= 15 is 0 Å². The van der Waals surface area contributed by atoms with Crippen LogP contribution < -0.4 is 5.32 Å². The lowest BCUT2D eigenvalue weighted by atomic mass is 9.93. The highest BCUT2D eigenvalue weighted by molar-refractivity contribution is 5.28. The summed E-state index contributed by atoms with van der Waals surface area (Å²) in [4.78, 5) is 2.55.